The standard InChI is InChI=1S/C30H23N2OP.C29H24N3OP/c1-34(2,33)25-16-14-21-15-17-26-28(24-13-12-20-8-6-7-11-23(20)18-24)31-30(22-9-4-3-5-10-22)32-29(26)27(21)19-25;1-34(2,33)26-18-16-21(17-19-26)24-14-9-15-25(20-24)29-31-27(22-10-5-3-6-11-22)30-28(32-29)23-12-7-4-8-13-23/h3-19H,1-2H3;3-20H,1-2H3. The minimum atomic E-state index is -2.41. The maximum Gasteiger partial charge on any atom is 0.164 e. The van der Waals surface area contributed by atoms with Crippen LogP contribution in [0.3, 0.4) is 0 Å². The van der Waals surface area contributed by atoms with E-state index in [9.17, 15) is 9.13 Å². The van der Waals surface area contributed by atoms with Crippen molar-refractivity contribution in [3.63, 3.8) is 0 Å². The number of aromatic nitrogens is 5. The monoisotopic (exact) mass is 919 g/mol. The molecule has 0 atom stereocenters. The van der Waals surface area contributed by atoms with Gasteiger partial charge in [-0.2, -0.15) is 0 Å². The van der Waals surface area contributed by atoms with Gasteiger partial charge >= 0.3 is 0 Å². The number of benzene rings is 9. The molecule has 11 aromatic rings. The smallest absolute Gasteiger partial charge is 0.164 e. The molecule has 0 radical (unpaired) electrons. The summed E-state index contributed by atoms with van der Waals surface area (Å²) in [7, 11) is -4.69. The van der Waals surface area contributed by atoms with E-state index < -0.39 is 14.3 Å². The molecule has 9 aromatic carbocycles. The minimum absolute atomic E-state index is 0.623. The van der Waals surface area contributed by atoms with Crippen molar-refractivity contribution in [1.82, 2.24) is 24.9 Å². The van der Waals surface area contributed by atoms with Gasteiger partial charge in [0.15, 0.2) is 23.3 Å². The third kappa shape index (κ3) is 9.46. The van der Waals surface area contributed by atoms with E-state index in [-0.39, 0.29) is 0 Å². The number of rotatable bonds is 8. The maximum atomic E-state index is 12.9. The molecule has 68 heavy (non-hydrogen) atoms. The summed E-state index contributed by atoms with van der Waals surface area (Å²) in [6.07, 6.45) is 0. The molecule has 7 nitrogen and oxygen atoms in total. The van der Waals surface area contributed by atoms with Gasteiger partial charge < -0.3 is 9.13 Å². The fourth-order valence-corrected chi connectivity index (χ4v) is 10.0. The number of hydrogen-bond acceptors (Lipinski definition) is 7. The van der Waals surface area contributed by atoms with Crippen molar-refractivity contribution in [2.75, 3.05) is 26.7 Å². The van der Waals surface area contributed by atoms with Gasteiger partial charge in [0.25, 0.3) is 0 Å². The van der Waals surface area contributed by atoms with Crippen LogP contribution in [0.4, 0.5) is 0 Å². The molecule has 0 saturated heterocycles. The van der Waals surface area contributed by atoms with Gasteiger partial charge in [0, 0.05) is 49.2 Å². The molecule has 0 spiro atoms. The van der Waals surface area contributed by atoms with Crippen molar-refractivity contribution in [3.8, 4) is 67.9 Å². The highest BCUT2D eigenvalue weighted by molar-refractivity contribution is 7.70. The molecule has 2 heterocycles. The average molecular weight is 920 g/mol. The van der Waals surface area contributed by atoms with E-state index in [1.807, 2.05) is 159 Å². The second-order valence-electron chi connectivity index (χ2n) is 17.6. The average Bonchev–Trinajstić information content (AvgIpc) is 3.38. The van der Waals surface area contributed by atoms with Crippen LogP contribution in [0.2, 0.25) is 0 Å². The lowest BCUT2D eigenvalue weighted by Gasteiger charge is -2.14. The highest BCUT2D eigenvalue weighted by Gasteiger charge is 2.18. The van der Waals surface area contributed by atoms with Crippen molar-refractivity contribution in [2.24, 2.45) is 0 Å². The Kier molecular flexibility index (Phi) is 12.0. The zero-order chi connectivity index (χ0) is 46.8. The van der Waals surface area contributed by atoms with Gasteiger partial charge in [0.2, 0.25) is 0 Å². The Morgan fingerprint density at radius 1 is 0.294 bits per heavy atom. The normalized spacial score (nSPS) is 11.6. The van der Waals surface area contributed by atoms with Crippen LogP contribution in [0.25, 0.3) is 100 Å². The number of hydrogen-bond donors (Lipinski definition) is 0. The Labute approximate surface area is 396 Å². The Hall–Kier alpha value is -7.69. The summed E-state index contributed by atoms with van der Waals surface area (Å²) in [5.41, 5.74) is 8.70. The van der Waals surface area contributed by atoms with Crippen LogP contribution in [0, 0.1) is 0 Å². The molecule has 0 unspecified atom stereocenters. The van der Waals surface area contributed by atoms with Gasteiger partial charge in [-0.15, -0.1) is 0 Å². The molecular weight excluding hydrogens is 873 g/mol. The van der Waals surface area contributed by atoms with E-state index in [1.165, 1.54) is 10.8 Å². The molecule has 0 saturated carbocycles. The van der Waals surface area contributed by atoms with Crippen molar-refractivity contribution in [1.29, 1.82) is 0 Å². The molecule has 0 fully saturated rings. The number of fused-ring (bicyclic) bond motifs is 4. The third-order valence-electron chi connectivity index (χ3n) is 12.0. The summed E-state index contributed by atoms with van der Waals surface area (Å²) < 4.78 is 25.2. The summed E-state index contributed by atoms with van der Waals surface area (Å²) in [5, 5.41) is 7.18. The van der Waals surface area contributed by atoms with E-state index >= 15 is 0 Å². The van der Waals surface area contributed by atoms with Gasteiger partial charge in [-0.25, -0.2) is 24.9 Å². The fraction of sp³-hybridized carbons (Fsp3) is 0.0678. The fourth-order valence-electron chi connectivity index (χ4n) is 8.30. The van der Waals surface area contributed by atoms with Crippen molar-refractivity contribution < 1.29 is 9.13 Å². The predicted molar refractivity (Wildman–Crippen MR) is 285 cm³/mol. The van der Waals surface area contributed by atoms with Gasteiger partial charge in [0.05, 0.1) is 11.2 Å². The molecule has 0 aliphatic carbocycles. The molecular formula is C59H47N5O2P2. The Balaban J connectivity index is 0.000000159. The van der Waals surface area contributed by atoms with Gasteiger partial charge in [0.1, 0.15) is 14.3 Å². The summed E-state index contributed by atoms with van der Waals surface area (Å²) >= 11 is 0. The molecule has 0 bridgehead atoms. The lowest BCUT2D eigenvalue weighted by molar-refractivity contribution is 0.587. The molecule has 0 amide bonds. The minimum Gasteiger partial charge on any atom is -0.319 e. The molecule has 0 N–H and O–H groups in total. The molecule has 0 aliphatic rings. The van der Waals surface area contributed by atoms with Crippen molar-refractivity contribution in [3.05, 3.63) is 212 Å². The highest BCUT2D eigenvalue weighted by Crippen LogP contribution is 2.39. The highest BCUT2D eigenvalue weighted by atomic mass is 31.2. The molecule has 0 aliphatic heterocycles. The van der Waals surface area contributed by atoms with Crippen LogP contribution in [-0.2, 0) is 9.13 Å². The van der Waals surface area contributed by atoms with E-state index in [2.05, 4.69) is 66.7 Å². The van der Waals surface area contributed by atoms with Crippen molar-refractivity contribution >= 4 is 57.3 Å². The molecule has 9 heteroatoms. The van der Waals surface area contributed by atoms with Crippen molar-refractivity contribution in [2.45, 2.75) is 0 Å². The summed E-state index contributed by atoms with van der Waals surface area (Å²) in [6, 6.07) is 71.2. The Morgan fingerprint density at radius 2 is 0.750 bits per heavy atom. The topological polar surface area (TPSA) is 98.6 Å². The summed E-state index contributed by atoms with van der Waals surface area (Å²) in [5.74, 6) is 2.59. The Morgan fingerprint density at radius 3 is 1.34 bits per heavy atom. The zero-order valence-electron chi connectivity index (χ0n) is 38.2. The first kappa shape index (κ1) is 44.2. The molecule has 11 rings (SSSR count). The van der Waals surface area contributed by atoms with E-state index in [1.54, 1.807) is 13.3 Å². The third-order valence-corrected chi connectivity index (χ3v) is 15.1. The SMILES string of the molecule is CP(C)(=O)c1ccc(-c2cccc(-c3nc(-c4ccccc4)nc(-c4ccccc4)n3)c2)cc1.CP(C)(=O)c1ccc2ccc3c(-c4ccc5ccccc5c4)nc(-c4ccccc4)nc3c2c1. The summed E-state index contributed by atoms with van der Waals surface area (Å²) in [6.45, 7) is 7.20. The first-order chi connectivity index (χ1) is 32.9. The maximum absolute atomic E-state index is 12.9. The zero-order valence-corrected chi connectivity index (χ0v) is 39.9. The van der Waals surface area contributed by atoms with Gasteiger partial charge in [-0.05, 0) is 78.2 Å². The van der Waals surface area contributed by atoms with Crippen LogP contribution in [0.5, 0.6) is 0 Å². The van der Waals surface area contributed by atoms with E-state index in [4.69, 9.17) is 24.9 Å². The van der Waals surface area contributed by atoms with E-state index in [0.29, 0.717) is 23.3 Å². The molecule has 330 valence electrons. The number of nitrogens with zero attached hydrogens (tertiary/aromatic N) is 5. The lowest BCUT2D eigenvalue weighted by Crippen LogP contribution is -2.03. The van der Waals surface area contributed by atoms with Crippen LogP contribution < -0.4 is 10.6 Å². The van der Waals surface area contributed by atoms with Crippen LogP contribution in [0.1, 0.15) is 0 Å². The first-order valence-electron chi connectivity index (χ1n) is 22.4. The lowest BCUT2D eigenvalue weighted by atomic mass is 9.99. The Bertz CT molecular complexity index is 3670. The molecule has 2 aromatic heterocycles. The second kappa shape index (κ2) is 18.5. The summed E-state index contributed by atoms with van der Waals surface area (Å²) in [4.78, 5) is 24.5. The second-order valence-corrected chi connectivity index (χ2v) is 24.0. The largest absolute Gasteiger partial charge is 0.319 e. The van der Waals surface area contributed by atoms with Crippen LogP contribution >= 0.6 is 14.3 Å². The first-order valence-corrected chi connectivity index (χ1v) is 27.6. The van der Waals surface area contributed by atoms with Crippen LogP contribution in [0.15, 0.2) is 212 Å². The quantitative estimate of drug-likeness (QED) is 0.111. The predicted octanol–water partition coefficient (Wildman–Crippen LogP) is 14.3. The van der Waals surface area contributed by atoms with E-state index in [0.717, 1.165) is 76.9 Å². The van der Waals surface area contributed by atoms with Gasteiger partial charge in [-0.3, -0.25) is 0 Å². The van der Waals surface area contributed by atoms with Gasteiger partial charge in [-0.1, -0.05) is 188 Å². The van der Waals surface area contributed by atoms with Crippen LogP contribution in [-0.4, -0.2) is 51.6 Å².